The first-order chi connectivity index (χ1) is 14.7. The molecular formula is C23H25F2N3O3. The molecule has 3 N–H and O–H groups in total. The minimum Gasteiger partial charge on any atom is -0.392 e. The summed E-state index contributed by atoms with van der Waals surface area (Å²) in [5, 5.41) is 15.2. The fourth-order valence-electron chi connectivity index (χ4n) is 4.52. The molecule has 1 fully saturated rings. The molecule has 2 aromatic rings. The first kappa shape index (κ1) is 21.4. The Morgan fingerprint density at radius 1 is 1.26 bits per heavy atom. The van der Waals surface area contributed by atoms with E-state index in [0.29, 0.717) is 31.6 Å². The van der Waals surface area contributed by atoms with Gasteiger partial charge >= 0.3 is 5.92 Å². The molecule has 2 heterocycles. The van der Waals surface area contributed by atoms with Crippen LogP contribution in [-0.4, -0.2) is 54.1 Å². The number of rotatable bonds is 6. The predicted molar refractivity (Wildman–Crippen MR) is 112 cm³/mol. The van der Waals surface area contributed by atoms with Gasteiger partial charge in [-0.15, -0.1) is 0 Å². The molecule has 0 radical (unpaired) electrons. The Hall–Kier alpha value is -2.84. The average Bonchev–Trinajstić information content (AvgIpc) is 3.25. The molecule has 2 amide bonds. The number of aliphatic hydroxyl groups is 1. The zero-order valence-corrected chi connectivity index (χ0v) is 17.2. The maximum Gasteiger partial charge on any atom is 0.352 e. The van der Waals surface area contributed by atoms with Gasteiger partial charge in [0.15, 0.2) is 0 Å². The lowest BCUT2D eigenvalue weighted by atomic mass is 9.73. The summed E-state index contributed by atoms with van der Waals surface area (Å²) in [4.78, 5) is 25.7. The van der Waals surface area contributed by atoms with E-state index in [1.165, 1.54) is 13.0 Å². The number of carbonyl (C=O) groups is 2. The van der Waals surface area contributed by atoms with E-state index in [2.05, 4.69) is 15.5 Å². The van der Waals surface area contributed by atoms with Gasteiger partial charge in [-0.1, -0.05) is 42.5 Å². The normalized spacial score (nSPS) is 21.9. The summed E-state index contributed by atoms with van der Waals surface area (Å²) < 4.78 is 28.4. The molecule has 0 aromatic heterocycles. The first-order valence-corrected chi connectivity index (χ1v) is 10.3. The van der Waals surface area contributed by atoms with Crippen molar-refractivity contribution in [2.45, 2.75) is 30.8 Å². The number of fused-ring (bicyclic) bond motifs is 1. The number of nitrogens with one attached hydrogen (secondary N) is 2. The smallest absolute Gasteiger partial charge is 0.352 e. The van der Waals surface area contributed by atoms with Crippen molar-refractivity contribution >= 4 is 17.5 Å². The highest BCUT2D eigenvalue weighted by molar-refractivity contribution is 6.03. The molecule has 6 nitrogen and oxygen atoms in total. The number of alkyl halides is 2. The van der Waals surface area contributed by atoms with Crippen LogP contribution in [0.2, 0.25) is 0 Å². The standard InChI is InChI=1S/C23H25F2N3O3/c1-15(29)26-13-22(16-5-3-2-4-6-16,14-28-10-9-18(30)12-28)17-7-8-19-20(11-17)27-21(31)23(19,24)25/h2-8,11,18,30H,9-10,12-14H2,1H3,(H,26,29)(H,27,31)/t18-,22-/m0/s1. The van der Waals surface area contributed by atoms with Gasteiger partial charge < -0.3 is 15.7 Å². The van der Waals surface area contributed by atoms with Gasteiger partial charge in [-0.2, -0.15) is 8.78 Å². The number of amides is 2. The average molecular weight is 429 g/mol. The van der Waals surface area contributed by atoms with Gasteiger partial charge in [0.25, 0.3) is 5.91 Å². The maximum absolute atomic E-state index is 14.2. The number of β-amino-alcohol motifs (C(OH)–C–C–N with tert-alkyl or cyclic N) is 1. The number of anilines is 1. The second-order valence-electron chi connectivity index (χ2n) is 8.32. The summed E-state index contributed by atoms with van der Waals surface area (Å²) in [6, 6.07) is 14.0. The van der Waals surface area contributed by atoms with Gasteiger partial charge in [0.1, 0.15) is 0 Å². The van der Waals surface area contributed by atoms with Crippen LogP contribution in [0, 0.1) is 0 Å². The summed E-state index contributed by atoms with van der Waals surface area (Å²) in [6.45, 7) is 3.32. The lowest BCUT2D eigenvalue weighted by Gasteiger charge is -2.39. The van der Waals surface area contributed by atoms with E-state index in [1.807, 2.05) is 30.3 Å². The SMILES string of the molecule is CC(=O)NC[C@](CN1CC[C@H](O)C1)(c1ccccc1)c1ccc2c(c1)NC(=O)C2(F)F. The number of nitrogens with zero attached hydrogens (tertiary/aromatic N) is 1. The Kier molecular flexibility index (Phi) is 5.53. The Bertz CT molecular complexity index is 999. The summed E-state index contributed by atoms with van der Waals surface area (Å²) in [5.74, 6) is -5.11. The van der Waals surface area contributed by atoms with E-state index in [9.17, 15) is 23.5 Å². The third kappa shape index (κ3) is 3.93. The van der Waals surface area contributed by atoms with Gasteiger partial charge in [0.2, 0.25) is 5.91 Å². The van der Waals surface area contributed by atoms with E-state index in [4.69, 9.17) is 0 Å². The zero-order chi connectivity index (χ0) is 22.2. The lowest BCUT2D eigenvalue weighted by molar-refractivity contribution is -0.139. The van der Waals surface area contributed by atoms with Crippen molar-refractivity contribution in [2.24, 2.45) is 0 Å². The minimum absolute atomic E-state index is 0.0806. The van der Waals surface area contributed by atoms with Crippen LogP contribution in [0.3, 0.4) is 0 Å². The van der Waals surface area contributed by atoms with Crippen molar-refractivity contribution in [3.8, 4) is 0 Å². The summed E-state index contributed by atoms with van der Waals surface area (Å²) >= 11 is 0. The van der Waals surface area contributed by atoms with E-state index < -0.39 is 23.3 Å². The second-order valence-corrected chi connectivity index (χ2v) is 8.32. The fourth-order valence-corrected chi connectivity index (χ4v) is 4.52. The van der Waals surface area contributed by atoms with Crippen LogP contribution in [0.1, 0.15) is 30.0 Å². The molecule has 2 aliphatic rings. The molecule has 4 rings (SSSR count). The van der Waals surface area contributed by atoms with Gasteiger partial charge in [0, 0.05) is 33.1 Å². The van der Waals surface area contributed by atoms with Gasteiger partial charge in [0.05, 0.1) is 22.8 Å². The lowest BCUT2D eigenvalue weighted by Crippen LogP contribution is -2.49. The molecule has 0 bridgehead atoms. The highest BCUT2D eigenvalue weighted by Crippen LogP contribution is 2.43. The molecule has 2 aliphatic heterocycles. The monoisotopic (exact) mass is 429 g/mol. The van der Waals surface area contributed by atoms with E-state index >= 15 is 0 Å². The van der Waals surface area contributed by atoms with Crippen LogP contribution in [0.5, 0.6) is 0 Å². The van der Waals surface area contributed by atoms with Gasteiger partial charge in [-0.25, -0.2) is 0 Å². The van der Waals surface area contributed by atoms with E-state index in [0.717, 1.165) is 5.56 Å². The molecule has 0 aliphatic carbocycles. The summed E-state index contributed by atoms with van der Waals surface area (Å²) in [6.07, 6.45) is 0.226. The third-order valence-corrected chi connectivity index (χ3v) is 6.15. The molecule has 0 saturated carbocycles. The quantitative estimate of drug-likeness (QED) is 0.658. The van der Waals surface area contributed by atoms with Crippen molar-refractivity contribution in [3.63, 3.8) is 0 Å². The topological polar surface area (TPSA) is 81.7 Å². The van der Waals surface area contributed by atoms with Crippen LogP contribution in [0.25, 0.3) is 0 Å². The van der Waals surface area contributed by atoms with Crippen LogP contribution >= 0.6 is 0 Å². The molecular weight excluding hydrogens is 404 g/mol. The first-order valence-electron chi connectivity index (χ1n) is 10.3. The minimum atomic E-state index is -3.57. The van der Waals surface area contributed by atoms with Crippen LogP contribution in [0.4, 0.5) is 14.5 Å². The summed E-state index contributed by atoms with van der Waals surface area (Å²) in [7, 11) is 0. The maximum atomic E-state index is 14.2. The molecule has 164 valence electrons. The molecule has 0 unspecified atom stereocenters. The largest absolute Gasteiger partial charge is 0.392 e. The fraction of sp³-hybridized carbons (Fsp3) is 0.391. The van der Waals surface area contributed by atoms with Crippen molar-refractivity contribution < 1.29 is 23.5 Å². The Morgan fingerprint density at radius 3 is 2.65 bits per heavy atom. The second kappa shape index (κ2) is 8.01. The van der Waals surface area contributed by atoms with E-state index in [1.54, 1.807) is 12.1 Å². The number of hydrogen-bond acceptors (Lipinski definition) is 4. The van der Waals surface area contributed by atoms with Crippen LogP contribution < -0.4 is 10.6 Å². The highest BCUT2D eigenvalue weighted by Gasteiger charge is 2.49. The van der Waals surface area contributed by atoms with Crippen molar-refractivity contribution in [2.75, 3.05) is 31.5 Å². The number of aliphatic hydroxyl groups excluding tert-OH is 1. The summed E-state index contributed by atoms with van der Waals surface area (Å²) in [5.41, 5.74) is 0.567. The predicted octanol–water partition coefficient (Wildman–Crippen LogP) is 2.22. The van der Waals surface area contributed by atoms with Crippen molar-refractivity contribution in [1.82, 2.24) is 10.2 Å². The van der Waals surface area contributed by atoms with Crippen molar-refractivity contribution in [1.29, 1.82) is 0 Å². The molecule has 31 heavy (non-hydrogen) atoms. The highest BCUT2D eigenvalue weighted by atomic mass is 19.3. The zero-order valence-electron chi connectivity index (χ0n) is 17.2. The van der Waals surface area contributed by atoms with Crippen molar-refractivity contribution in [3.05, 3.63) is 65.2 Å². The van der Waals surface area contributed by atoms with Gasteiger partial charge in [-0.05, 0) is 23.6 Å². The Balaban J connectivity index is 1.84. The molecule has 0 spiro atoms. The molecule has 2 atom stereocenters. The Morgan fingerprint density at radius 2 is 2.00 bits per heavy atom. The van der Waals surface area contributed by atoms with Gasteiger partial charge in [-0.3, -0.25) is 14.5 Å². The van der Waals surface area contributed by atoms with Crippen LogP contribution in [-0.2, 0) is 20.9 Å². The number of hydrogen-bond donors (Lipinski definition) is 3. The molecule has 8 heteroatoms. The Labute approximate surface area is 179 Å². The molecule has 2 aromatic carbocycles. The number of likely N-dealkylation sites (tertiary alicyclic amines) is 1. The van der Waals surface area contributed by atoms with E-state index in [-0.39, 0.29) is 23.7 Å². The number of halogens is 2. The van der Waals surface area contributed by atoms with Crippen LogP contribution in [0.15, 0.2) is 48.5 Å². The molecule has 1 saturated heterocycles. The number of benzene rings is 2. The number of carbonyl (C=O) groups excluding carboxylic acids is 2. The third-order valence-electron chi connectivity index (χ3n) is 6.15.